The number of H-pyrrole nitrogens is 1. The summed E-state index contributed by atoms with van der Waals surface area (Å²) in [6.07, 6.45) is 5.25. The highest BCUT2D eigenvalue weighted by Crippen LogP contribution is 2.09. The zero-order valence-electron chi connectivity index (χ0n) is 7.27. The number of rotatable bonds is 0. The number of nitrogens with zero attached hydrogens (tertiary/aromatic N) is 2. The molecule has 0 aromatic carbocycles. The SMILES string of the molecule is O=c1[nH]c2ccncc2n2cccc12. The van der Waals surface area contributed by atoms with Crippen LogP contribution in [0.2, 0.25) is 0 Å². The number of aromatic amines is 1. The van der Waals surface area contributed by atoms with Crippen molar-refractivity contribution in [3.05, 3.63) is 47.1 Å². The van der Waals surface area contributed by atoms with E-state index in [1.807, 2.05) is 16.7 Å². The van der Waals surface area contributed by atoms with Crippen LogP contribution in [0.25, 0.3) is 16.6 Å². The van der Waals surface area contributed by atoms with E-state index in [9.17, 15) is 4.79 Å². The van der Waals surface area contributed by atoms with Crippen LogP contribution in [0.1, 0.15) is 0 Å². The maximum absolute atomic E-state index is 11.6. The van der Waals surface area contributed by atoms with Gasteiger partial charge in [-0.05, 0) is 18.2 Å². The van der Waals surface area contributed by atoms with Gasteiger partial charge in [0.25, 0.3) is 5.56 Å². The van der Waals surface area contributed by atoms with Gasteiger partial charge < -0.3 is 9.38 Å². The smallest absolute Gasteiger partial charge is 0.272 e. The summed E-state index contributed by atoms with van der Waals surface area (Å²) in [7, 11) is 0. The van der Waals surface area contributed by atoms with E-state index in [-0.39, 0.29) is 5.56 Å². The van der Waals surface area contributed by atoms with E-state index in [0.717, 1.165) is 11.0 Å². The molecule has 0 atom stereocenters. The van der Waals surface area contributed by atoms with Gasteiger partial charge in [0, 0.05) is 12.4 Å². The van der Waals surface area contributed by atoms with Gasteiger partial charge in [-0.3, -0.25) is 9.78 Å². The highest BCUT2D eigenvalue weighted by molar-refractivity contribution is 5.76. The molecule has 0 saturated carbocycles. The molecule has 4 nitrogen and oxygen atoms in total. The Balaban J connectivity index is 2.73. The molecule has 0 aliphatic carbocycles. The van der Waals surface area contributed by atoms with Gasteiger partial charge in [0.2, 0.25) is 0 Å². The number of fused-ring (bicyclic) bond motifs is 3. The molecule has 0 radical (unpaired) electrons. The lowest BCUT2D eigenvalue weighted by Gasteiger charge is -2.00. The van der Waals surface area contributed by atoms with Crippen LogP contribution in [0.3, 0.4) is 0 Å². The summed E-state index contributed by atoms with van der Waals surface area (Å²) in [5.74, 6) is 0. The third kappa shape index (κ3) is 0.821. The summed E-state index contributed by atoms with van der Waals surface area (Å²) in [5.41, 5.74) is 2.28. The predicted octanol–water partition coefficient (Wildman–Crippen LogP) is 1.18. The van der Waals surface area contributed by atoms with Crippen LogP contribution in [0.4, 0.5) is 0 Å². The zero-order chi connectivity index (χ0) is 9.54. The summed E-state index contributed by atoms with van der Waals surface area (Å²) >= 11 is 0. The Morgan fingerprint density at radius 2 is 2.21 bits per heavy atom. The van der Waals surface area contributed by atoms with E-state index in [4.69, 9.17) is 0 Å². The van der Waals surface area contributed by atoms with Crippen molar-refractivity contribution in [2.75, 3.05) is 0 Å². The average Bonchev–Trinajstić information content (AvgIpc) is 2.67. The fourth-order valence-electron chi connectivity index (χ4n) is 1.65. The second-order valence-corrected chi connectivity index (χ2v) is 3.11. The molecular formula is C10H7N3O. The maximum atomic E-state index is 11.6. The van der Waals surface area contributed by atoms with E-state index in [0.29, 0.717) is 5.52 Å². The standard InChI is InChI=1S/C10H7N3O/c14-10-8-2-1-5-13(8)9-6-11-4-3-7(9)12-10/h1-6H,(H,12,14). The van der Waals surface area contributed by atoms with E-state index in [1.165, 1.54) is 0 Å². The van der Waals surface area contributed by atoms with Gasteiger partial charge in [0.1, 0.15) is 5.52 Å². The molecule has 0 bridgehead atoms. The van der Waals surface area contributed by atoms with Crippen molar-refractivity contribution >= 4 is 16.6 Å². The molecule has 68 valence electrons. The molecule has 0 aliphatic rings. The van der Waals surface area contributed by atoms with E-state index in [1.54, 1.807) is 24.5 Å². The van der Waals surface area contributed by atoms with Gasteiger partial charge in [-0.1, -0.05) is 0 Å². The van der Waals surface area contributed by atoms with Gasteiger partial charge >= 0.3 is 0 Å². The minimum atomic E-state index is -0.0753. The second kappa shape index (κ2) is 2.45. The van der Waals surface area contributed by atoms with Gasteiger partial charge in [-0.25, -0.2) is 0 Å². The Kier molecular flexibility index (Phi) is 1.28. The summed E-state index contributed by atoms with van der Waals surface area (Å²) in [5, 5.41) is 0. The highest BCUT2D eigenvalue weighted by atomic mass is 16.1. The predicted molar refractivity (Wildman–Crippen MR) is 53.3 cm³/mol. The van der Waals surface area contributed by atoms with Crippen LogP contribution in [0, 0.1) is 0 Å². The molecule has 1 N–H and O–H groups in total. The molecule has 3 aromatic rings. The number of pyridine rings is 1. The van der Waals surface area contributed by atoms with Crippen LogP contribution in [-0.2, 0) is 0 Å². The topological polar surface area (TPSA) is 50.2 Å². The first-order valence-electron chi connectivity index (χ1n) is 4.29. The molecule has 3 aromatic heterocycles. The Morgan fingerprint density at radius 3 is 3.14 bits per heavy atom. The highest BCUT2D eigenvalue weighted by Gasteiger charge is 2.02. The van der Waals surface area contributed by atoms with Crippen molar-refractivity contribution in [3.8, 4) is 0 Å². The lowest BCUT2D eigenvalue weighted by Crippen LogP contribution is -2.09. The molecule has 14 heavy (non-hydrogen) atoms. The normalized spacial score (nSPS) is 11.1. The lowest BCUT2D eigenvalue weighted by atomic mass is 10.4. The Hall–Kier alpha value is -2.10. The van der Waals surface area contributed by atoms with Crippen LogP contribution in [0.5, 0.6) is 0 Å². The molecule has 0 amide bonds. The van der Waals surface area contributed by atoms with Crippen molar-refractivity contribution in [1.82, 2.24) is 14.4 Å². The zero-order valence-corrected chi connectivity index (χ0v) is 7.27. The third-order valence-corrected chi connectivity index (χ3v) is 2.29. The van der Waals surface area contributed by atoms with E-state index >= 15 is 0 Å². The summed E-state index contributed by atoms with van der Waals surface area (Å²) in [4.78, 5) is 18.4. The number of aromatic nitrogens is 3. The average molecular weight is 185 g/mol. The van der Waals surface area contributed by atoms with Crippen LogP contribution < -0.4 is 5.56 Å². The summed E-state index contributed by atoms with van der Waals surface area (Å²) < 4.78 is 1.83. The van der Waals surface area contributed by atoms with Crippen LogP contribution in [-0.4, -0.2) is 14.4 Å². The Morgan fingerprint density at radius 1 is 1.29 bits per heavy atom. The first-order chi connectivity index (χ1) is 6.86. The van der Waals surface area contributed by atoms with Gasteiger partial charge in [0.05, 0.1) is 17.2 Å². The number of hydrogen-bond donors (Lipinski definition) is 1. The Labute approximate surface area is 78.8 Å². The van der Waals surface area contributed by atoms with E-state index in [2.05, 4.69) is 9.97 Å². The van der Waals surface area contributed by atoms with Gasteiger partial charge in [-0.15, -0.1) is 0 Å². The van der Waals surface area contributed by atoms with Gasteiger partial charge in [0.15, 0.2) is 0 Å². The number of nitrogens with one attached hydrogen (secondary N) is 1. The van der Waals surface area contributed by atoms with Crippen molar-refractivity contribution < 1.29 is 0 Å². The molecule has 0 fully saturated rings. The first-order valence-corrected chi connectivity index (χ1v) is 4.29. The molecular weight excluding hydrogens is 178 g/mol. The van der Waals surface area contributed by atoms with Crippen LogP contribution >= 0.6 is 0 Å². The van der Waals surface area contributed by atoms with Crippen molar-refractivity contribution in [1.29, 1.82) is 0 Å². The molecule has 3 rings (SSSR count). The molecule has 0 spiro atoms. The largest absolute Gasteiger partial charge is 0.319 e. The fourth-order valence-corrected chi connectivity index (χ4v) is 1.65. The molecule has 0 saturated heterocycles. The Bertz CT molecular complexity index is 665. The lowest BCUT2D eigenvalue weighted by molar-refractivity contribution is 1.17. The van der Waals surface area contributed by atoms with Crippen LogP contribution in [0.15, 0.2) is 41.6 Å². The molecule has 3 heterocycles. The second-order valence-electron chi connectivity index (χ2n) is 3.11. The van der Waals surface area contributed by atoms with Crippen molar-refractivity contribution in [3.63, 3.8) is 0 Å². The molecule has 0 unspecified atom stereocenters. The van der Waals surface area contributed by atoms with Gasteiger partial charge in [-0.2, -0.15) is 0 Å². The summed E-state index contributed by atoms with van der Waals surface area (Å²) in [6.45, 7) is 0. The van der Waals surface area contributed by atoms with E-state index < -0.39 is 0 Å². The maximum Gasteiger partial charge on any atom is 0.272 e. The quantitative estimate of drug-likeness (QED) is 0.571. The minimum Gasteiger partial charge on any atom is -0.319 e. The van der Waals surface area contributed by atoms with Crippen molar-refractivity contribution in [2.24, 2.45) is 0 Å². The number of hydrogen-bond acceptors (Lipinski definition) is 2. The summed E-state index contributed by atoms with van der Waals surface area (Å²) in [6, 6.07) is 5.42. The van der Waals surface area contributed by atoms with Crippen molar-refractivity contribution in [2.45, 2.75) is 0 Å². The monoisotopic (exact) mass is 185 g/mol. The molecule has 4 heteroatoms. The third-order valence-electron chi connectivity index (χ3n) is 2.29. The minimum absolute atomic E-state index is 0.0753. The molecule has 0 aliphatic heterocycles. The fraction of sp³-hybridized carbons (Fsp3) is 0. The first kappa shape index (κ1) is 7.32.